The average Bonchev–Trinajstić information content (AvgIpc) is 2.41. The van der Waals surface area contributed by atoms with Gasteiger partial charge in [-0.3, -0.25) is 0 Å². The number of hydrogen-bond donors (Lipinski definition) is 1. The molecule has 2 aromatic carbocycles. The van der Waals surface area contributed by atoms with Gasteiger partial charge in [0.25, 0.3) is 0 Å². The molecule has 0 saturated carbocycles. The Morgan fingerprint density at radius 2 is 1.76 bits per heavy atom. The highest BCUT2D eigenvalue weighted by molar-refractivity contribution is 6.31. The number of benzene rings is 2. The molecule has 2 nitrogen and oxygen atoms in total. The molecule has 0 atom stereocenters. The van der Waals surface area contributed by atoms with E-state index in [1.165, 1.54) is 5.56 Å². The van der Waals surface area contributed by atoms with Crippen LogP contribution in [0.4, 0.5) is 0 Å². The predicted octanol–water partition coefficient (Wildman–Crippen LogP) is 4.93. The van der Waals surface area contributed by atoms with E-state index in [0.29, 0.717) is 11.6 Å². The smallest absolute Gasteiger partial charge is 0.128 e. The van der Waals surface area contributed by atoms with Crippen LogP contribution in [0.2, 0.25) is 5.02 Å². The van der Waals surface area contributed by atoms with Crippen molar-refractivity contribution in [3.8, 4) is 11.5 Å². The van der Waals surface area contributed by atoms with Crippen molar-refractivity contribution >= 4 is 11.6 Å². The molecular weight excluding hydrogens is 282 g/mol. The first-order valence-electron chi connectivity index (χ1n) is 7.17. The normalized spacial score (nSPS) is 11.5. The monoisotopic (exact) mass is 303 g/mol. The Bertz CT molecular complexity index is 617. The lowest BCUT2D eigenvalue weighted by atomic mass is 9.87. The largest absolute Gasteiger partial charge is 0.457 e. The Hall–Kier alpha value is -1.51. The molecule has 2 aromatic rings. The first-order valence-corrected chi connectivity index (χ1v) is 7.55. The molecule has 3 heteroatoms. The van der Waals surface area contributed by atoms with Gasteiger partial charge < -0.3 is 10.5 Å². The van der Waals surface area contributed by atoms with Crippen molar-refractivity contribution in [2.24, 2.45) is 5.73 Å². The van der Waals surface area contributed by atoms with E-state index in [1.54, 1.807) is 0 Å². The van der Waals surface area contributed by atoms with Crippen LogP contribution in [-0.2, 0) is 11.8 Å². The summed E-state index contributed by atoms with van der Waals surface area (Å²) in [4.78, 5) is 0. The summed E-state index contributed by atoms with van der Waals surface area (Å²) in [5, 5.41) is 0.699. The van der Waals surface area contributed by atoms with Crippen LogP contribution in [0, 0.1) is 0 Å². The number of ether oxygens (including phenoxy) is 1. The third-order valence-corrected chi connectivity index (χ3v) is 3.73. The first-order chi connectivity index (χ1) is 9.90. The van der Waals surface area contributed by atoms with Crippen molar-refractivity contribution < 1.29 is 4.74 Å². The van der Waals surface area contributed by atoms with Crippen LogP contribution in [0.3, 0.4) is 0 Å². The van der Waals surface area contributed by atoms with Crippen LogP contribution in [0.1, 0.15) is 31.9 Å². The molecule has 0 aliphatic rings. The van der Waals surface area contributed by atoms with E-state index >= 15 is 0 Å². The summed E-state index contributed by atoms with van der Waals surface area (Å²) in [5.74, 6) is 1.57. The maximum Gasteiger partial charge on any atom is 0.128 e. The van der Waals surface area contributed by atoms with E-state index in [0.717, 1.165) is 23.5 Å². The fourth-order valence-corrected chi connectivity index (χ4v) is 2.38. The molecule has 0 aromatic heterocycles. The van der Waals surface area contributed by atoms with Gasteiger partial charge in [-0.25, -0.2) is 0 Å². The number of hydrogen-bond acceptors (Lipinski definition) is 2. The first kappa shape index (κ1) is 15.9. The third kappa shape index (κ3) is 4.23. The summed E-state index contributed by atoms with van der Waals surface area (Å²) in [6.07, 6.45) is 0.776. The second-order valence-corrected chi connectivity index (χ2v) is 6.58. The zero-order chi connectivity index (χ0) is 15.5. The van der Waals surface area contributed by atoms with Crippen molar-refractivity contribution in [2.45, 2.75) is 32.6 Å². The Morgan fingerprint density at radius 1 is 1.05 bits per heavy atom. The van der Waals surface area contributed by atoms with Crippen molar-refractivity contribution in [3.63, 3.8) is 0 Å². The fourth-order valence-electron chi connectivity index (χ4n) is 2.11. The van der Waals surface area contributed by atoms with E-state index in [1.807, 2.05) is 30.3 Å². The van der Waals surface area contributed by atoms with E-state index in [-0.39, 0.29) is 5.41 Å². The quantitative estimate of drug-likeness (QED) is 0.869. The van der Waals surface area contributed by atoms with Gasteiger partial charge in [-0.15, -0.1) is 0 Å². The minimum Gasteiger partial charge on any atom is -0.457 e. The summed E-state index contributed by atoms with van der Waals surface area (Å²) in [6, 6.07) is 13.9. The minimum atomic E-state index is 0.0992. The maximum absolute atomic E-state index is 6.24. The molecule has 0 bridgehead atoms. The van der Waals surface area contributed by atoms with Crippen LogP contribution in [-0.4, -0.2) is 6.54 Å². The van der Waals surface area contributed by atoms with Crippen LogP contribution in [0.5, 0.6) is 11.5 Å². The van der Waals surface area contributed by atoms with Crippen LogP contribution >= 0.6 is 11.6 Å². The number of rotatable bonds is 4. The van der Waals surface area contributed by atoms with Gasteiger partial charge in [0.05, 0.1) is 0 Å². The number of nitrogens with two attached hydrogens (primary N) is 1. The molecule has 0 radical (unpaired) electrons. The zero-order valence-corrected chi connectivity index (χ0v) is 13.6. The second kappa shape index (κ2) is 6.50. The standard InChI is InChI=1S/C18H22ClNO/c1-18(2,3)14-5-4-6-15(11-14)21-16-8-7-13(9-10-20)17(19)12-16/h4-8,11-12H,9-10,20H2,1-3H3. The lowest BCUT2D eigenvalue weighted by Gasteiger charge is -2.19. The van der Waals surface area contributed by atoms with E-state index < -0.39 is 0 Å². The Kier molecular flexibility index (Phi) is 4.92. The van der Waals surface area contributed by atoms with Gasteiger partial charge in [-0.1, -0.05) is 50.6 Å². The van der Waals surface area contributed by atoms with Crippen LogP contribution in [0.15, 0.2) is 42.5 Å². The Labute approximate surface area is 131 Å². The highest BCUT2D eigenvalue weighted by Gasteiger charge is 2.14. The predicted molar refractivity (Wildman–Crippen MR) is 89.4 cm³/mol. The molecule has 0 aliphatic carbocycles. The minimum absolute atomic E-state index is 0.0992. The van der Waals surface area contributed by atoms with Gasteiger partial charge in [0.1, 0.15) is 11.5 Å². The topological polar surface area (TPSA) is 35.2 Å². The summed E-state index contributed by atoms with van der Waals surface area (Å²) in [6.45, 7) is 7.15. The van der Waals surface area contributed by atoms with Gasteiger partial charge in [-0.05, 0) is 53.8 Å². The highest BCUT2D eigenvalue weighted by atomic mass is 35.5. The van der Waals surface area contributed by atoms with E-state index in [2.05, 4.69) is 32.9 Å². The van der Waals surface area contributed by atoms with Crippen molar-refractivity contribution in [1.82, 2.24) is 0 Å². The fraction of sp³-hybridized carbons (Fsp3) is 0.333. The van der Waals surface area contributed by atoms with E-state index in [9.17, 15) is 0 Å². The zero-order valence-electron chi connectivity index (χ0n) is 12.8. The third-order valence-electron chi connectivity index (χ3n) is 3.37. The van der Waals surface area contributed by atoms with E-state index in [4.69, 9.17) is 22.1 Å². The summed E-state index contributed by atoms with van der Waals surface area (Å²) < 4.78 is 5.91. The van der Waals surface area contributed by atoms with Crippen molar-refractivity contribution in [3.05, 3.63) is 58.6 Å². The molecule has 2 N–H and O–H groups in total. The molecule has 0 fully saturated rings. The Balaban J connectivity index is 2.20. The molecule has 2 rings (SSSR count). The van der Waals surface area contributed by atoms with Gasteiger partial charge in [-0.2, -0.15) is 0 Å². The molecule has 0 unspecified atom stereocenters. The molecule has 0 amide bonds. The molecule has 0 heterocycles. The SMILES string of the molecule is CC(C)(C)c1cccc(Oc2ccc(CCN)c(Cl)c2)c1. The average molecular weight is 304 g/mol. The molecule has 0 spiro atoms. The van der Waals surface area contributed by atoms with Crippen molar-refractivity contribution in [2.75, 3.05) is 6.54 Å². The second-order valence-electron chi connectivity index (χ2n) is 6.17. The maximum atomic E-state index is 6.24. The molecule has 21 heavy (non-hydrogen) atoms. The van der Waals surface area contributed by atoms with Gasteiger partial charge in [0, 0.05) is 5.02 Å². The highest BCUT2D eigenvalue weighted by Crippen LogP contribution is 2.30. The Morgan fingerprint density at radius 3 is 2.38 bits per heavy atom. The molecule has 0 saturated heterocycles. The van der Waals surface area contributed by atoms with Crippen molar-refractivity contribution in [1.29, 1.82) is 0 Å². The summed E-state index contributed by atoms with van der Waals surface area (Å²) in [5.41, 5.74) is 7.95. The van der Waals surface area contributed by atoms with Gasteiger partial charge in [0.2, 0.25) is 0 Å². The van der Waals surface area contributed by atoms with Crippen LogP contribution in [0.25, 0.3) is 0 Å². The summed E-state index contributed by atoms with van der Waals surface area (Å²) >= 11 is 6.24. The summed E-state index contributed by atoms with van der Waals surface area (Å²) in [7, 11) is 0. The molecule has 0 aliphatic heterocycles. The number of halogens is 1. The van der Waals surface area contributed by atoms with Crippen LogP contribution < -0.4 is 10.5 Å². The van der Waals surface area contributed by atoms with Gasteiger partial charge >= 0.3 is 0 Å². The molecule has 112 valence electrons. The molecular formula is C18H22ClNO. The lowest BCUT2D eigenvalue weighted by molar-refractivity contribution is 0.478. The lowest BCUT2D eigenvalue weighted by Crippen LogP contribution is -2.10. The van der Waals surface area contributed by atoms with Gasteiger partial charge in [0.15, 0.2) is 0 Å².